The maximum absolute atomic E-state index is 12.3. The van der Waals surface area contributed by atoms with Crippen LogP contribution >= 0.6 is 0 Å². The lowest BCUT2D eigenvalue weighted by Crippen LogP contribution is -2.37. The largest absolute Gasteiger partial charge is 0.471 e. The number of hydrogen-bond acceptors (Lipinski definition) is 1. The molecule has 4 aromatic rings. The summed E-state index contributed by atoms with van der Waals surface area (Å²) in [5, 5.41) is 3.93. The lowest BCUT2D eigenvalue weighted by Gasteiger charge is -2.07. The molecule has 0 bridgehead atoms. The van der Waals surface area contributed by atoms with E-state index in [1.807, 2.05) is 70.8 Å². The average molecular weight is 371 g/mol. The van der Waals surface area contributed by atoms with E-state index in [-0.39, 0.29) is 6.54 Å². The molecule has 2 aromatic carbocycles. The number of alkyl halides is 3. The number of amides is 1. The smallest absolute Gasteiger partial charge is 0.359 e. The maximum Gasteiger partial charge on any atom is 0.471 e. The van der Waals surface area contributed by atoms with Crippen LogP contribution in [-0.2, 0) is 11.2 Å². The fourth-order valence-electron chi connectivity index (χ4n) is 3.32. The first kappa shape index (κ1) is 17.2. The monoisotopic (exact) mass is 371 g/mol. The summed E-state index contributed by atoms with van der Waals surface area (Å²) >= 11 is 0. The van der Waals surface area contributed by atoms with Crippen molar-refractivity contribution in [2.75, 3.05) is 6.54 Å². The van der Waals surface area contributed by atoms with Crippen molar-refractivity contribution >= 4 is 27.7 Å². The van der Waals surface area contributed by atoms with E-state index >= 15 is 0 Å². The minimum absolute atomic E-state index is 0.0831. The number of aromatic amines is 1. The van der Waals surface area contributed by atoms with Crippen molar-refractivity contribution in [3.63, 3.8) is 0 Å². The Morgan fingerprint density at radius 2 is 1.74 bits per heavy atom. The van der Waals surface area contributed by atoms with Gasteiger partial charge in [0, 0.05) is 35.2 Å². The highest BCUT2D eigenvalue weighted by Gasteiger charge is 2.38. The molecule has 0 saturated carbocycles. The summed E-state index contributed by atoms with van der Waals surface area (Å²) in [5.74, 6) is -1.91. The van der Waals surface area contributed by atoms with Crippen molar-refractivity contribution in [3.05, 3.63) is 66.5 Å². The van der Waals surface area contributed by atoms with Crippen LogP contribution in [0, 0.1) is 0 Å². The number of rotatable bonds is 4. The van der Waals surface area contributed by atoms with E-state index < -0.39 is 12.1 Å². The summed E-state index contributed by atoms with van der Waals surface area (Å²) in [6.45, 7) is -0.0831. The van der Waals surface area contributed by atoms with Gasteiger partial charge in [0.15, 0.2) is 0 Å². The lowest BCUT2D eigenvalue weighted by molar-refractivity contribution is -0.173. The third-order valence-electron chi connectivity index (χ3n) is 4.56. The molecule has 4 nitrogen and oxygen atoms in total. The van der Waals surface area contributed by atoms with Crippen molar-refractivity contribution < 1.29 is 18.0 Å². The summed E-state index contributed by atoms with van der Waals surface area (Å²) in [7, 11) is 0. The maximum atomic E-state index is 12.3. The van der Waals surface area contributed by atoms with Crippen molar-refractivity contribution in [3.8, 4) is 5.69 Å². The second-order valence-corrected chi connectivity index (χ2v) is 6.26. The Morgan fingerprint density at radius 1 is 1.04 bits per heavy atom. The standard InChI is InChI=1S/C20H16F3N3O/c21-20(22,23)19(27)24-10-9-13-12-26(17-8-4-2-5-14(13)17)18-11-25-16-7-3-1-6-15(16)18/h1-8,11-12,25H,9-10H2,(H,24,27). The van der Waals surface area contributed by atoms with Crippen molar-refractivity contribution in [2.45, 2.75) is 12.6 Å². The highest BCUT2D eigenvalue weighted by molar-refractivity contribution is 5.93. The number of H-pyrrole nitrogens is 1. The van der Waals surface area contributed by atoms with Gasteiger partial charge >= 0.3 is 12.1 Å². The molecule has 138 valence electrons. The van der Waals surface area contributed by atoms with Gasteiger partial charge in [-0.3, -0.25) is 4.79 Å². The van der Waals surface area contributed by atoms with E-state index in [1.165, 1.54) is 0 Å². The molecule has 2 aromatic heterocycles. The van der Waals surface area contributed by atoms with E-state index in [0.29, 0.717) is 6.42 Å². The lowest BCUT2D eigenvalue weighted by atomic mass is 10.1. The molecular formula is C20H16F3N3O. The summed E-state index contributed by atoms with van der Waals surface area (Å²) in [5.41, 5.74) is 3.80. The first-order valence-electron chi connectivity index (χ1n) is 8.45. The molecule has 0 aliphatic rings. The number of hydrogen-bond donors (Lipinski definition) is 2. The zero-order chi connectivity index (χ0) is 19.0. The predicted molar refractivity (Wildman–Crippen MR) is 97.9 cm³/mol. The topological polar surface area (TPSA) is 49.8 Å². The predicted octanol–water partition coefficient (Wildman–Crippen LogP) is 4.33. The molecule has 4 rings (SSSR count). The Hall–Kier alpha value is -3.22. The van der Waals surface area contributed by atoms with Crippen LogP contribution in [0.25, 0.3) is 27.5 Å². The Balaban J connectivity index is 1.69. The van der Waals surface area contributed by atoms with Crippen LogP contribution in [0.3, 0.4) is 0 Å². The highest BCUT2D eigenvalue weighted by Crippen LogP contribution is 2.29. The Morgan fingerprint density at radius 3 is 2.52 bits per heavy atom. The second kappa shape index (κ2) is 6.50. The van der Waals surface area contributed by atoms with Crippen LogP contribution in [-0.4, -0.2) is 28.2 Å². The van der Waals surface area contributed by atoms with E-state index in [9.17, 15) is 18.0 Å². The Bertz CT molecular complexity index is 1120. The van der Waals surface area contributed by atoms with Crippen molar-refractivity contribution in [1.82, 2.24) is 14.9 Å². The van der Waals surface area contributed by atoms with E-state index in [0.717, 1.165) is 33.1 Å². The number of carbonyl (C=O) groups is 1. The normalized spacial score (nSPS) is 12.0. The molecule has 0 atom stereocenters. The first-order chi connectivity index (χ1) is 12.9. The summed E-state index contributed by atoms with van der Waals surface area (Å²) in [6, 6.07) is 15.6. The quantitative estimate of drug-likeness (QED) is 0.551. The number of halogens is 3. The third-order valence-corrected chi connectivity index (χ3v) is 4.56. The molecule has 0 radical (unpaired) electrons. The summed E-state index contributed by atoms with van der Waals surface area (Å²) in [6.07, 6.45) is -0.734. The van der Waals surface area contributed by atoms with Crippen LogP contribution in [0.15, 0.2) is 60.9 Å². The van der Waals surface area contributed by atoms with Crippen LogP contribution < -0.4 is 5.32 Å². The molecule has 0 unspecified atom stereocenters. The minimum Gasteiger partial charge on any atom is -0.359 e. The second-order valence-electron chi connectivity index (χ2n) is 6.26. The average Bonchev–Trinajstić information content (AvgIpc) is 3.22. The summed E-state index contributed by atoms with van der Waals surface area (Å²) < 4.78 is 39.1. The molecule has 0 saturated heterocycles. The Labute approximate surface area is 152 Å². The fraction of sp³-hybridized carbons (Fsp3) is 0.150. The van der Waals surface area contributed by atoms with Crippen LogP contribution in [0.4, 0.5) is 13.2 Å². The molecule has 2 heterocycles. The number of nitrogens with one attached hydrogen (secondary N) is 2. The molecule has 0 spiro atoms. The number of nitrogens with zero attached hydrogens (tertiary/aromatic N) is 1. The molecule has 27 heavy (non-hydrogen) atoms. The van der Waals surface area contributed by atoms with Gasteiger partial charge in [0.2, 0.25) is 0 Å². The zero-order valence-corrected chi connectivity index (χ0v) is 14.2. The minimum atomic E-state index is -4.86. The SMILES string of the molecule is O=C(NCCc1cn(-c2c[nH]c3ccccc23)c2ccccc12)C(F)(F)F. The van der Waals surface area contributed by atoms with Gasteiger partial charge in [-0.25, -0.2) is 0 Å². The van der Waals surface area contributed by atoms with Gasteiger partial charge in [-0.1, -0.05) is 36.4 Å². The van der Waals surface area contributed by atoms with Crippen LogP contribution in [0.5, 0.6) is 0 Å². The van der Waals surface area contributed by atoms with Gasteiger partial charge in [-0.2, -0.15) is 13.2 Å². The van der Waals surface area contributed by atoms with E-state index in [2.05, 4.69) is 4.98 Å². The molecule has 0 aliphatic heterocycles. The first-order valence-corrected chi connectivity index (χ1v) is 8.45. The van der Waals surface area contributed by atoms with Gasteiger partial charge in [0.05, 0.1) is 11.2 Å². The molecule has 0 aliphatic carbocycles. The van der Waals surface area contributed by atoms with E-state index in [1.54, 1.807) is 0 Å². The van der Waals surface area contributed by atoms with Gasteiger partial charge in [0.25, 0.3) is 0 Å². The van der Waals surface area contributed by atoms with Gasteiger partial charge < -0.3 is 14.9 Å². The molecular weight excluding hydrogens is 355 g/mol. The molecule has 2 N–H and O–H groups in total. The van der Waals surface area contributed by atoms with Crippen LogP contribution in [0.2, 0.25) is 0 Å². The third kappa shape index (κ3) is 3.16. The van der Waals surface area contributed by atoms with Crippen molar-refractivity contribution in [1.29, 1.82) is 0 Å². The van der Waals surface area contributed by atoms with Crippen molar-refractivity contribution in [2.24, 2.45) is 0 Å². The number of fused-ring (bicyclic) bond motifs is 2. The number of aromatic nitrogens is 2. The Kier molecular flexibility index (Phi) is 4.14. The molecule has 7 heteroatoms. The molecule has 1 amide bonds. The van der Waals surface area contributed by atoms with Gasteiger partial charge in [0.1, 0.15) is 0 Å². The zero-order valence-electron chi connectivity index (χ0n) is 14.2. The van der Waals surface area contributed by atoms with E-state index in [4.69, 9.17) is 0 Å². The number of para-hydroxylation sites is 2. The van der Waals surface area contributed by atoms with Gasteiger partial charge in [-0.15, -0.1) is 0 Å². The number of carbonyl (C=O) groups excluding carboxylic acids is 1. The summed E-state index contributed by atoms with van der Waals surface area (Å²) in [4.78, 5) is 14.2. The highest BCUT2D eigenvalue weighted by atomic mass is 19.4. The number of benzene rings is 2. The fourth-order valence-corrected chi connectivity index (χ4v) is 3.32. The molecule has 0 fully saturated rings. The van der Waals surface area contributed by atoms with Gasteiger partial charge in [-0.05, 0) is 24.1 Å². The van der Waals surface area contributed by atoms with Crippen LogP contribution in [0.1, 0.15) is 5.56 Å².